The number of amides is 2. The number of aliphatic hydroxyl groups is 2. The normalized spacial score (nSPS) is 25.4. The van der Waals surface area contributed by atoms with E-state index in [4.69, 9.17) is 23.7 Å². The van der Waals surface area contributed by atoms with Crippen LogP contribution in [0, 0.1) is 0 Å². The Morgan fingerprint density at radius 3 is 2.28 bits per heavy atom. The van der Waals surface area contributed by atoms with Crippen LogP contribution in [0.5, 0.6) is 0 Å². The van der Waals surface area contributed by atoms with Gasteiger partial charge >= 0.3 is 5.97 Å². The molecule has 2 amide bonds. The minimum absolute atomic E-state index is 0.146. The number of aliphatic hydroxyl groups excluding tert-OH is 2. The molecule has 12 nitrogen and oxygen atoms in total. The predicted octanol–water partition coefficient (Wildman–Crippen LogP) is -1.53. The van der Waals surface area contributed by atoms with Gasteiger partial charge in [0.2, 0.25) is 11.8 Å². The second-order valence-corrected chi connectivity index (χ2v) is 7.52. The van der Waals surface area contributed by atoms with Crippen molar-refractivity contribution in [3.8, 4) is 0 Å². The lowest BCUT2D eigenvalue weighted by molar-refractivity contribution is -0.273. The van der Waals surface area contributed by atoms with E-state index >= 15 is 0 Å². The van der Waals surface area contributed by atoms with E-state index in [1.165, 1.54) is 13.8 Å². The standard InChI is InChI=1S/C20H36N2O10/c1-12(24)21-17-19(31-13(2)25)18(27)15(9-23)32-20(17)30-8-6-5-7-16(26)22-14(10-28-3)11-29-4/h14-15,17-20,23,27H,5-11H2,1-4H3,(H,21,24)(H,22,26)/t15?,17?,18-,19?,20+/m0/s1. The number of rotatable bonds is 14. The topological polar surface area (TPSA) is 162 Å². The molecule has 0 spiro atoms. The molecule has 1 aliphatic heterocycles. The van der Waals surface area contributed by atoms with Crippen molar-refractivity contribution >= 4 is 17.8 Å². The summed E-state index contributed by atoms with van der Waals surface area (Å²) in [5, 5.41) is 25.2. The molecule has 0 aliphatic carbocycles. The first kappa shape index (κ1) is 28.2. The average molecular weight is 465 g/mol. The highest BCUT2D eigenvalue weighted by Crippen LogP contribution is 2.25. The summed E-state index contributed by atoms with van der Waals surface area (Å²) in [5.74, 6) is -1.24. The molecule has 12 heteroatoms. The van der Waals surface area contributed by atoms with Crippen molar-refractivity contribution < 1.29 is 48.3 Å². The quantitative estimate of drug-likeness (QED) is 0.175. The van der Waals surface area contributed by atoms with Crippen molar-refractivity contribution in [2.75, 3.05) is 40.6 Å². The first-order valence-electron chi connectivity index (χ1n) is 10.5. The van der Waals surface area contributed by atoms with E-state index in [1.54, 1.807) is 14.2 Å². The molecule has 1 aliphatic rings. The average Bonchev–Trinajstić information content (AvgIpc) is 2.71. The largest absolute Gasteiger partial charge is 0.457 e. The zero-order chi connectivity index (χ0) is 24.1. The number of hydrogen-bond donors (Lipinski definition) is 4. The minimum atomic E-state index is -1.35. The third-order valence-electron chi connectivity index (χ3n) is 4.71. The van der Waals surface area contributed by atoms with E-state index < -0.39 is 49.1 Å². The lowest BCUT2D eigenvalue weighted by atomic mass is 9.96. The molecule has 3 unspecified atom stereocenters. The highest BCUT2D eigenvalue weighted by Gasteiger charge is 2.48. The Bertz CT molecular complexity index is 585. The highest BCUT2D eigenvalue weighted by molar-refractivity contribution is 5.76. The zero-order valence-corrected chi connectivity index (χ0v) is 19.1. The van der Waals surface area contributed by atoms with Crippen LogP contribution in [-0.2, 0) is 38.1 Å². The number of nitrogens with one attached hydrogen (secondary N) is 2. The van der Waals surface area contributed by atoms with Crippen LogP contribution < -0.4 is 10.6 Å². The van der Waals surface area contributed by atoms with Gasteiger partial charge in [-0.25, -0.2) is 0 Å². The van der Waals surface area contributed by atoms with Crippen molar-refractivity contribution in [2.24, 2.45) is 0 Å². The molecule has 186 valence electrons. The molecule has 32 heavy (non-hydrogen) atoms. The van der Waals surface area contributed by atoms with Gasteiger partial charge in [0.05, 0.1) is 25.9 Å². The minimum Gasteiger partial charge on any atom is -0.457 e. The first-order valence-corrected chi connectivity index (χ1v) is 10.5. The number of unbranched alkanes of at least 4 members (excludes halogenated alkanes) is 1. The molecule has 0 bridgehead atoms. The predicted molar refractivity (Wildman–Crippen MR) is 110 cm³/mol. The molecule has 0 saturated carbocycles. The second kappa shape index (κ2) is 15.1. The van der Waals surface area contributed by atoms with E-state index in [-0.39, 0.29) is 25.0 Å². The Kier molecular flexibility index (Phi) is 13.3. The van der Waals surface area contributed by atoms with Crippen LogP contribution in [0.3, 0.4) is 0 Å². The van der Waals surface area contributed by atoms with Gasteiger partial charge in [0.1, 0.15) is 18.2 Å². The number of carbonyl (C=O) groups excluding carboxylic acids is 3. The van der Waals surface area contributed by atoms with Crippen LogP contribution >= 0.6 is 0 Å². The van der Waals surface area contributed by atoms with Crippen LogP contribution in [0.1, 0.15) is 33.1 Å². The monoisotopic (exact) mass is 464 g/mol. The van der Waals surface area contributed by atoms with Crippen molar-refractivity contribution in [2.45, 2.75) is 69.8 Å². The molecule has 5 atom stereocenters. The Morgan fingerprint density at radius 1 is 1.09 bits per heavy atom. The van der Waals surface area contributed by atoms with Gasteiger partial charge in [0.15, 0.2) is 12.4 Å². The molecule has 0 aromatic rings. The van der Waals surface area contributed by atoms with E-state index in [9.17, 15) is 24.6 Å². The summed E-state index contributed by atoms with van der Waals surface area (Å²) in [5.41, 5.74) is 0. The summed E-state index contributed by atoms with van der Waals surface area (Å²) in [6.07, 6.45) is -3.33. The molecule has 0 aromatic heterocycles. The van der Waals surface area contributed by atoms with Crippen LogP contribution in [0.25, 0.3) is 0 Å². The summed E-state index contributed by atoms with van der Waals surface area (Å²) < 4.78 is 26.5. The van der Waals surface area contributed by atoms with Gasteiger partial charge in [0.25, 0.3) is 0 Å². The van der Waals surface area contributed by atoms with Crippen LogP contribution in [0.4, 0.5) is 0 Å². The SMILES string of the molecule is COCC(COC)NC(=O)CCCCO[C@@H]1OC(CO)[C@H](O)C(OC(C)=O)C1NC(C)=O. The third-order valence-corrected chi connectivity index (χ3v) is 4.71. The smallest absolute Gasteiger partial charge is 0.303 e. The van der Waals surface area contributed by atoms with Gasteiger partial charge in [-0.3, -0.25) is 14.4 Å². The van der Waals surface area contributed by atoms with Gasteiger partial charge in [-0.2, -0.15) is 0 Å². The molecule has 0 aromatic carbocycles. The highest BCUT2D eigenvalue weighted by atomic mass is 16.7. The Morgan fingerprint density at radius 2 is 1.75 bits per heavy atom. The molecular weight excluding hydrogens is 428 g/mol. The van der Waals surface area contributed by atoms with Crippen molar-refractivity contribution in [3.05, 3.63) is 0 Å². The van der Waals surface area contributed by atoms with Crippen molar-refractivity contribution in [1.29, 1.82) is 0 Å². The lowest BCUT2D eigenvalue weighted by Crippen LogP contribution is -2.65. The number of carbonyl (C=O) groups is 3. The molecule has 1 rings (SSSR count). The summed E-state index contributed by atoms with van der Waals surface area (Å²) >= 11 is 0. The fourth-order valence-electron chi connectivity index (χ4n) is 3.35. The second-order valence-electron chi connectivity index (χ2n) is 7.52. The van der Waals surface area contributed by atoms with Crippen LogP contribution in [0.15, 0.2) is 0 Å². The maximum absolute atomic E-state index is 12.1. The van der Waals surface area contributed by atoms with Crippen molar-refractivity contribution in [3.63, 3.8) is 0 Å². The van der Waals surface area contributed by atoms with E-state index in [1.807, 2.05) is 0 Å². The molecule has 1 saturated heterocycles. The molecule has 1 heterocycles. The molecular formula is C20H36N2O10. The number of methoxy groups -OCH3 is 2. The van der Waals surface area contributed by atoms with Gasteiger partial charge in [-0.05, 0) is 12.8 Å². The molecule has 4 N–H and O–H groups in total. The summed E-state index contributed by atoms with van der Waals surface area (Å²) in [7, 11) is 3.08. The van der Waals surface area contributed by atoms with Gasteiger partial charge in [0, 0.05) is 41.1 Å². The van der Waals surface area contributed by atoms with E-state index in [0.29, 0.717) is 26.1 Å². The number of ether oxygens (including phenoxy) is 5. The lowest BCUT2D eigenvalue weighted by Gasteiger charge is -2.43. The van der Waals surface area contributed by atoms with Crippen LogP contribution in [-0.4, -0.2) is 105 Å². The fraction of sp³-hybridized carbons (Fsp3) is 0.850. The number of hydrogen-bond acceptors (Lipinski definition) is 10. The zero-order valence-electron chi connectivity index (χ0n) is 19.1. The Labute approximate surface area is 187 Å². The van der Waals surface area contributed by atoms with Crippen LogP contribution in [0.2, 0.25) is 0 Å². The van der Waals surface area contributed by atoms with Gasteiger partial charge < -0.3 is 44.5 Å². The van der Waals surface area contributed by atoms with E-state index in [2.05, 4.69) is 10.6 Å². The summed E-state index contributed by atoms with van der Waals surface area (Å²) in [6.45, 7) is 2.77. The first-order chi connectivity index (χ1) is 15.2. The Balaban J connectivity index is 2.59. The molecule has 0 radical (unpaired) electrons. The molecule has 1 fully saturated rings. The van der Waals surface area contributed by atoms with E-state index in [0.717, 1.165) is 0 Å². The maximum atomic E-state index is 12.1. The van der Waals surface area contributed by atoms with Crippen molar-refractivity contribution in [1.82, 2.24) is 10.6 Å². The van der Waals surface area contributed by atoms with Gasteiger partial charge in [-0.15, -0.1) is 0 Å². The third kappa shape index (κ3) is 9.76. The van der Waals surface area contributed by atoms with Gasteiger partial charge in [-0.1, -0.05) is 0 Å². The summed E-state index contributed by atoms with van der Waals surface area (Å²) in [4.78, 5) is 35.2. The summed E-state index contributed by atoms with van der Waals surface area (Å²) in [6, 6.07) is -1.20. The number of esters is 1. The maximum Gasteiger partial charge on any atom is 0.303 e. The fourth-order valence-corrected chi connectivity index (χ4v) is 3.35. The Hall–Kier alpha value is -1.83.